The van der Waals surface area contributed by atoms with E-state index in [1.807, 2.05) is 0 Å². The first kappa shape index (κ1) is 40.0. The molecule has 2 heterocycles. The summed E-state index contributed by atoms with van der Waals surface area (Å²) >= 11 is 0. The van der Waals surface area contributed by atoms with E-state index in [4.69, 9.17) is 4.42 Å². The lowest BCUT2D eigenvalue weighted by Gasteiger charge is -2.32. The third-order valence-corrected chi connectivity index (χ3v) is 16.0. The lowest BCUT2D eigenvalue weighted by molar-refractivity contribution is 0.588. The Balaban J connectivity index is 1.03. The standard InChI is InChI=1S/C68H46N2O/c1-67(2)56-30-16-12-26-49(56)51-37-34-46(40-59(51)67)69(48-36-39-54-53-28-15-19-33-61(53)70(62(54)42-48)45-24-10-5-11-25-45)47-35-38-52-50-27-13-17-31-57(50)68(60(52)41-47)58-32-18-14-29-55(58)63-64(68)66(44-22-8-4-9-23-44)71-65(63)43-20-6-3-7-21-43/h3-42H,1-2H3. The normalized spacial score (nSPS) is 15.4. The minimum atomic E-state index is -0.688. The molecular weight excluding hydrogens is 861 g/mol. The minimum absolute atomic E-state index is 0.184. The monoisotopic (exact) mass is 906 g/mol. The van der Waals surface area contributed by atoms with E-state index in [2.05, 4.69) is 266 Å². The zero-order valence-electron chi connectivity index (χ0n) is 39.4. The molecular formula is C68H46N2O. The predicted octanol–water partition coefficient (Wildman–Crippen LogP) is 17.8. The number of furan rings is 1. The largest absolute Gasteiger partial charge is 0.455 e. The number of benzene rings is 10. The molecule has 334 valence electrons. The van der Waals surface area contributed by atoms with Crippen LogP contribution in [0.5, 0.6) is 0 Å². The maximum absolute atomic E-state index is 7.34. The summed E-state index contributed by atoms with van der Waals surface area (Å²) in [6, 6.07) is 89.5. The third kappa shape index (κ3) is 5.43. The van der Waals surface area contributed by atoms with Gasteiger partial charge in [-0.2, -0.15) is 0 Å². The number of nitrogens with zero attached hydrogens (tertiary/aromatic N) is 2. The molecule has 3 heteroatoms. The molecule has 10 aromatic carbocycles. The zero-order valence-corrected chi connectivity index (χ0v) is 39.4. The van der Waals surface area contributed by atoms with Gasteiger partial charge in [0.15, 0.2) is 0 Å². The van der Waals surface area contributed by atoms with Crippen LogP contribution in [0.1, 0.15) is 47.2 Å². The van der Waals surface area contributed by atoms with Gasteiger partial charge in [0.2, 0.25) is 0 Å². The van der Waals surface area contributed by atoms with Crippen molar-refractivity contribution in [2.45, 2.75) is 24.7 Å². The molecule has 71 heavy (non-hydrogen) atoms. The van der Waals surface area contributed by atoms with Crippen LogP contribution < -0.4 is 4.90 Å². The Morgan fingerprint density at radius 1 is 0.366 bits per heavy atom. The van der Waals surface area contributed by atoms with Crippen molar-refractivity contribution >= 4 is 38.9 Å². The summed E-state index contributed by atoms with van der Waals surface area (Å²) in [6.07, 6.45) is 0. The lowest BCUT2D eigenvalue weighted by Crippen LogP contribution is -2.26. The van der Waals surface area contributed by atoms with E-state index < -0.39 is 5.41 Å². The second kappa shape index (κ2) is 14.8. The zero-order chi connectivity index (χ0) is 47.0. The van der Waals surface area contributed by atoms with Gasteiger partial charge in [0, 0.05) is 61.2 Å². The maximum atomic E-state index is 7.34. The molecule has 0 radical (unpaired) electrons. The molecule has 3 aliphatic carbocycles. The van der Waals surface area contributed by atoms with Crippen molar-refractivity contribution in [2.24, 2.45) is 0 Å². The molecule has 3 aliphatic rings. The second-order valence-electron chi connectivity index (χ2n) is 19.9. The molecule has 0 saturated heterocycles. The fraction of sp³-hybridized carbons (Fsp3) is 0.0588. The average molecular weight is 907 g/mol. The Labute approximate surface area is 413 Å². The van der Waals surface area contributed by atoms with Crippen molar-refractivity contribution in [3.63, 3.8) is 0 Å². The lowest BCUT2D eigenvalue weighted by atomic mass is 9.70. The Bertz CT molecular complexity index is 4140. The summed E-state index contributed by atoms with van der Waals surface area (Å²) in [5.74, 6) is 1.80. The summed E-state index contributed by atoms with van der Waals surface area (Å²) in [7, 11) is 0. The van der Waals surface area contributed by atoms with Gasteiger partial charge >= 0.3 is 0 Å². The smallest absolute Gasteiger partial charge is 0.142 e. The number of rotatable bonds is 6. The first-order valence-electron chi connectivity index (χ1n) is 24.8. The number of hydrogen-bond acceptors (Lipinski definition) is 2. The van der Waals surface area contributed by atoms with Crippen LogP contribution in [0.2, 0.25) is 0 Å². The van der Waals surface area contributed by atoms with Crippen molar-refractivity contribution in [1.29, 1.82) is 0 Å². The highest BCUT2D eigenvalue weighted by Gasteiger charge is 2.55. The molecule has 0 bridgehead atoms. The van der Waals surface area contributed by atoms with Gasteiger partial charge in [-0.1, -0.05) is 202 Å². The first-order chi connectivity index (χ1) is 35.0. The first-order valence-corrected chi connectivity index (χ1v) is 24.8. The SMILES string of the molecule is CC1(C)c2ccccc2-c2ccc(N(c3ccc4c(c3)C3(c5ccccc5-4)c4ccccc4-c4c(-c5ccccc5)oc(-c5ccccc5)c43)c3ccc4c5ccccc5n(-c5ccccc5)c4c3)cc21. The van der Waals surface area contributed by atoms with E-state index in [0.29, 0.717) is 0 Å². The van der Waals surface area contributed by atoms with Crippen LogP contribution in [0.15, 0.2) is 247 Å². The van der Waals surface area contributed by atoms with Crippen LogP contribution >= 0.6 is 0 Å². The molecule has 1 spiro atoms. The highest BCUT2D eigenvalue weighted by Crippen LogP contribution is 2.67. The van der Waals surface area contributed by atoms with Gasteiger partial charge in [0.25, 0.3) is 0 Å². The molecule has 0 N–H and O–H groups in total. The van der Waals surface area contributed by atoms with E-state index in [0.717, 1.165) is 56.5 Å². The van der Waals surface area contributed by atoms with E-state index in [1.54, 1.807) is 0 Å². The minimum Gasteiger partial charge on any atom is -0.455 e. The fourth-order valence-electron chi connectivity index (χ4n) is 13.0. The van der Waals surface area contributed by atoms with Crippen molar-refractivity contribution in [3.05, 3.63) is 276 Å². The summed E-state index contributed by atoms with van der Waals surface area (Å²) in [6.45, 7) is 4.75. The Morgan fingerprint density at radius 3 is 1.55 bits per heavy atom. The quantitative estimate of drug-likeness (QED) is 0.166. The fourth-order valence-corrected chi connectivity index (χ4v) is 13.0. The summed E-state index contributed by atoms with van der Waals surface area (Å²) in [5.41, 5.74) is 23.2. The van der Waals surface area contributed by atoms with Crippen LogP contribution in [0.3, 0.4) is 0 Å². The molecule has 12 aromatic rings. The highest BCUT2D eigenvalue weighted by atomic mass is 16.3. The summed E-state index contributed by atoms with van der Waals surface area (Å²) in [4.78, 5) is 2.51. The van der Waals surface area contributed by atoms with Crippen LogP contribution in [0.25, 0.3) is 83.5 Å². The highest BCUT2D eigenvalue weighted by molar-refractivity contribution is 6.11. The molecule has 0 fully saturated rings. The molecule has 3 nitrogen and oxygen atoms in total. The van der Waals surface area contributed by atoms with Gasteiger partial charge in [0.1, 0.15) is 11.5 Å². The van der Waals surface area contributed by atoms with Gasteiger partial charge in [-0.3, -0.25) is 0 Å². The predicted molar refractivity (Wildman–Crippen MR) is 292 cm³/mol. The number of fused-ring (bicyclic) bond motifs is 16. The van der Waals surface area contributed by atoms with Crippen LogP contribution in [0.4, 0.5) is 17.1 Å². The van der Waals surface area contributed by atoms with E-state index >= 15 is 0 Å². The Kier molecular flexibility index (Phi) is 8.34. The van der Waals surface area contributed by atoms with Crippen LogP contribution in [-0.4, -0.2) is 4.57 Å². The van der Waals surface area contributed by atoms with Crippen molar-refractivity contribution in [1.82, 2.24) is 4.57 Å². The number of anilines is 3. The third-order valence-electron chi connectivity index (χ3n) is 16.0. The Morgan fingerprint density at radius 2 is 0.845 bits per heavy atom. The van der Waals surface area contributed by atoms with Gasteiger partial charge in [0.05, 0.1) is 16.4 Å². The van der Waals surface area contributed by atoms with E-state index in [-0.39, 0.29) is 5.41 Å². The molecule has 1 unspecified atom stereocenters. The summed E-state index contributed by atoms with van der Waals surface area (Å²) < 4.78 is 9.76. The number of hydrogen-bond donors (Lipinski definition) is 0. The second-order valence-corrected chi connectivity index (χ2v) is 19.9. The van der Waals surface area contributed by atoms with Gasteiger partial charge < -0.3 is 13.9 Å². The Hall–Kier alpha value is -8.92. The van der Waals surface area contributed by atoms with Crippen molar-refractivity contribution in [2.75, 3.05) is 4.90 Å². The molecule has 0 amide bonds. The maximum Gasteiger partial charge on any atom is 0.142 e. The summed E-state index contributed by atoms with van der Waals surface area (Å²) in [5, 5.41) is 2.46. The van der Waals surface area contributed by atoms with Gasteiger partial charge in [-0.05, 0) is 110 Å². The van der Waals surface area contributed by atoms with E-state index in [9.17, 15) is 0 Å². The average Bonchev–Trinajstić information content (AvgIpc) is 4.20. The van der Waals surface area contributed by atoms with Gasteiger partial charge in [-0.15, -0.1) is 0 Å². The van der Waals surface area contributed by atoms with E-state index in [1.165, 1.54) is 77.5 Å². The van der Waals surface area contributed by atoms with Crippen molar-refractivity contribution in [3.8, 4) is 61.7 Å². The molecule has 2 aromatic heterocycles. The number of para-hydroxylation sites is 2. The molecule has 0 saturated carbocycles. The topological polar surface area (TPSA) is 21.3 Å². The molecule has 0 aliphatic heterocycles. The molecule has 1 atom stereocenters. The molecule has 15 rings (SSSR count). The van der Waals surface area contributed by atoms with Crippen LogP contribution in [0, 0.1) is 0 Å². The van der Waals surface area contributed by atoms with Gasteiger partial charge in [-0.25, -0.2) is 0 Å². The number of aromatic nitrogens is 1. The van der Waals surface area contributed by atoms with Crippen molar-refractivity contribution < 1.29 is 4.42 Å². The van der Waals surface area contributed by atoms with Crippen LogP contribution in [-0.2, 0) is 10.8 Å².